The minimum Gasteiger partial charge on any atom is -0.351 e. The normalized spacial score (nSPS) is 10.6. The van der Waals surface area contributed by atoms with Crippen LogP contribution in [-0.4, -0.2) is 25.6 Å². The van der Waals surface area contributed by atoms with Crippen molar-refractivity contribution in [2.45, 2.75) is 13.0 Å². The maximum Gasteiger partial charge on any atom is 0.185 e. The topological polar surface area (TPSA) is 28.2 Å². The number of hydrogen-bond donors (Lipinski definition) is 1. The molecule has 18 heavy (non-hydrogen) atoms. The molecule has 2 rings (SSSR count). The Morgan fingerprint density at radius 1 is 1.28 bits per heavy atom. The summed E-state index contributed by atoms with van der Waals surface area (Å²) in [5, 5.41) is 4.24. The molecule has 1 aromatic carbocycles. The Balaban J connectivity index is 1.89. The molecule has 0 spiro atoms. The van der Waals surface area contributed by atoms with E-state index in [4.69, 9.17) is 0 Å². The number of nitrogens with zero attached hydrogens (tertiary/aromatic N) is 2. The zero-order valence-electron chi connectivity index (χ0n) is 10.9. The SMILES string of the molecule is CNCc1cnc(N(C)CCc2ccccc2)s1. The Labute approximate surface area is 112 Å². The van der Waals surface area contributed by atoms with Crippen LogP contribution < -0.4 is 10.2 Å². The quantitative estimate of drug-likeness (QED) is 0.866. The van der Waals surface area contributed by atoms with Crippen LogP contribution in [0.1, 0.15) is 10.4 Å². The molecule has 2 aromatic rings. The lowest BCUT2D eigenvalue weighted by molar-refractivity contribution is 0.829. The Hall–Kier alpha value is -1.39. The number of hydrogen-bond acceptors (Lipinski definition) is 4. The van der Waals surface area contributed by atoms with E-state index < -0.39 is 0 Å². The summed E-state index contributed by atoms with van der Waals surface area (Å²) >= 11 is 1.75. The van der Waals surface area contributed by atoms with Crippen LogP contribution in [0.2, 0.25) is 0 Å². The summed E-state index contributed by atoms with van der Waals surface area (Å²) in [6.45, 7) is 1.89. The van der Waals surface area contributed by atoms with E-state index in [9.17, 15) is 0 Å². The average Bonchev–Trinajstić information content (AvgIpc) is 2.86. The fraction of sp³-hybridized carbons (Fsp3) is 0.357. The molecule has 0 aliphatic heterocycles. The molecule has 1 heterocycles. The minimum absolute atomic E-state index is 0.893. The fourth-order valence-corrected chi connectivity index (χ4v) is 2.68. The highest BCUT2D eigenvalue weighted by Crippen LogP contribution is 2.21. The predicted octanol–water partition coefficient (Wildman–Crippen LogP) is 2.54. The molecule has 0 saturated heterocycles. The van der Waals surface area contributed by atoms with Crippen LogP contribution in [0, 0.1) is 0 Å². The van der Waals surface area contributed by atoms with Crippen molar-refractivity contribution in [1.82, 2.24) is 10.3 Å². The van der Waals surface area contributed by atoms with Crippen molar-refractivity contribution in [1.29, 1.82) is 0 Å². The zero-order chi connectivity index (χ0) is 12.8. The van der Waals surface area contributed by atoms with Gasteiger partial charge in [0.2, 0.25) is 0 Å². The second-order valence-corrected chi connectivity index (χ2v) is 5.39. The molecule has 3 nitrogen and oxygen atoms in total. The number of aromatic nitrogens is 1. The largest absolute Gasteiger partial charge is 0.351 e. The van der Waals surface area contributed by atoms with Crippen molar-refractivity contribution < 1.29 is 0 Å². The van der Waals surface area contributed by atoms with Gasteiger partial charge in [-0.2, -0.15) is 0 Å². The van der Waals surface area contributed by atoms with E-state index in [1.807, 2.05) is 13.2 Å². The summed E-state index contributed by atoms with van der Waals surface area (Å²) in [6, 6.07) is 10.6. The van der Waals surface area contributed by atoms with Crippen molar-refractivity contribution in [2.24, 2.45) is 0 Å². The molecule has 96 valence electrons. The van der Waals surface area contributed by atoms with Crippen LogP contribution >= 0.6 is 11.3 Å². The van der Waals surface area contributed by atoms with Crippen molar-refractivity contribution in [3.8, 4) is 0 Å². The van der Waals surface area contributed by atoms with Crippen LogP contribution in [-0.2, 0) is 13.0 Å². The van der Waals surface area contributed by atoms with Gasteiger partial charge in [-0.1, -0.05) is 30.3 Å². The number of anilines is 1. The lowest BCUT2D eigenvalue weighted by atomic mass is 10.1. The molecule has 0 bridgehead atoms. The van der Waals surface area contributed by atoms with Gasteiger partial charge in [0.1, 0.15) is 0 Å². The van der Waals surface area contributed by atoms with Crippen molar-refractivity contribution in [3.63, 3.8) is 0 Å². The molecule has 1 aromatic heterocycles. The van der Waals surface area contributed by atoms with E-state index in [0.29, 0.717) is 0 Å². The molecule has 0 amide bonds. The Bertz CT molecular complexity index is 467. The molecule has 0 aliphatic carbocycles. The van der Waals surface area contributed by atoms with E-state index in [-0.39, 0.29) is 0 Å². The van der Waals surface area contributed by atoms with Crippen LogP contribution in [0.5, 0.6) is 0 Å². The average molecular weight is 261 g/mol. The van der Waals surface area contributed by atoms with Crippen LogP contribution in [0.15, 0.2) is 36.5 Å². The van der Waals surface area contributed by atoms with Gasteiger partial charge in [-0.3, -0.25) is 0 Å². The first kappa shape index (κ1) is 13.1. The standard InChI is InChI=1S/C14H19N3S/c1-15-10-13-11-16-14(18-13)17(2)9-8-12-6-4-3-5-7-12/h3-7,11,15H,8-10H2,1-2H3. The van der Waals surface area contributed by atoms with E-state index in [1.54, 1.807) is 11.3 Å². The first-order chi connectivity index (χ1) is 8.79. The second kappa shape index (κ2) is 6.52. The molecule has 0 fully saturated rings. The van der Waals surface area contributed by atoms with Crippen LogP contribution in [0.4, 0.5) is 5.13 Å². The molecular formula is C14H19N3S. The van der Waals surface area contributed by atoms with E-state index in [0.717, 1.165) is 24.6 Å². The molecule has 4 heteroatoms. The monoisotopic (exact) mass is 261 g/mol. The highest BCUT2D eigenvalue weighted by molar-refractivity contribution is 7.15. The number of benzene rings is 1. The summed E-state index contributed by atoms with van der Waals surface area (Å²) < 4.78 is 0. The van der Waals surface area contributed by atoms with Gasteiger partial charge in [-0.25, -0.2) is 4.98 Å². The number of likely N-dealkylation sites (N-methyl/N-ethyl adjacent to an activating group) is 1. The lowest BCUT2D eigenvalue weighted by Crippen LogP contribution is -2.19. The van der Waals surface area contributed by atoms with Gasteiger partial charge in [-0.15, -0.1) is 11.3 Å². The van der Waals surface area contributed by atoms with E-state index >= 15 is 0 Å². The molecule has 0 unspecified atom stereocenters. The van der Waals surface area contributed by atoms with Gasteiger partial charge < -0.3 is 10.2 Å². The maximum absolute atomic E-state index is 4.45. The maximum atomic E-state index is 4.45. The first-order valence-electron chi connectivity index (χ1n) is 6.14. The molecular weight excluding hydrogens is 242 g/mol. The summed E-state index contributed by atoms with van der Waals surface area (Å²) in [4.78, 5) is 7.95. The van der Waals surface area contributed by atoms with Crippen molar-refractivity contribution in [2.75, 3.05) is 25.5 Å². The first-order valence-corrected chi connectivity index (χ1v) is 6.95. The van der Waals surface area contributed by atoms with Gasteiger partial charge in [0, 0.05) is 31.2 Å². The fourth-order valence-electron chi connectivity index (χ4n) is 1.77. The number of thiazole rings is 1. The summed E-state index contributed by atoms with van der Waals surface area (Å²) in [6.07, 6.45) is 3.01. The van der Waals surface area contributed by atoms with Gasteiger partial charge >= 0.3 is 0 Å². The smallest absolute Gasteiger partial charge is 0.185 e. The van der Waals surface area contributed by atoms with E-state index in [2.05, 4.69) is 52.6 Å². The molecule has 1 N–H and O–H groups in total. The third-order valence-corrected chi connectivity index (χ3v) is 3.91. The Morgan fingerprint density at radius 3 is 2.78 bits per heavy atom. The van der Waals surface area contributed by atoms with Gasteiger partial charge in [0.05, 0.1) is 0 Å². The highest BCUT2D eigenvalue weighted by Gasteiger charge is 2.06. The zero-order valence-corrected chi connectivity index (χ0v) is 11.7. The van der Waals surface area contributed by atoms with Crippen molar-refractivity contribution >= 4 is 16.5 Å². The van der Waals surface area contributed by atoms with E-state index in [1.165, 1.54) is 10.4 Å². The molecule has 0 radical (unpaired) electrons. The second-order valence-electron chi connectivity index (χ2n) is 4.30. The van der Waals surface area contributed by atoms with Gasteiger partial charge in [0.25, 0.3) is 0 Å². The number of rotatable bonds is 6. The summed E-state index contributed by atoms with van der Waals surface area (Å²) in [7, 11) is 4.06. The Morgan fingerprint density at radius 2 is 2.06 bits per heavy atom. The molecule has 0 saturated carbocycles. The summed E-state index contributed by atoms with van der Waals surface area (Å²) in [5.41, 5.74) is 1.37. The summed E-state index contributed by atoms with van der Waals surface area (Å²) in [5.74, 6) is 0. The lowest BCUT2D eigenvalue weighted by Gasteiger charge is -2.15. The Kier molecular flexibility index (Phi) is 4.73. The number of nitrogens with one attached hydrogen (secondary N) is 1. The van der Waals surface area contributed by atoms with Crippen LogP contribution in [0.25, 0.3) is 0 Å². The van der Waals surface area contributed by atoms with Gasteiger partial charge in [0.15, 0.2) is 5.13 Å². The third kappa shape index (κ3) is 3.55. The minimum atomic E-state index is 0.893. The highest BCUT2D eigenvalue weighted by atomic mass is 32.1. The van der Waals surface area contributed by atoms with Gasteiger partial charge in [-0.05, 0) is 19.0 Å². The third-order valence-electron chi connectivity index (χ3n) is 2.80. The molecule has 0 atom stereocenters. The van der Waals surface area contributed by atoms with Crippen molar-refractivity contribution in [3.05, 3.63) is 47.0 Å². The predicted molar refractivity (Wildman–Crippen MR) is 78.3 cm³/mol. The van der Waals surface area contributed by atoms with Crippen LogP contribution in [0.3, 0.4) is 0 Å². The molecule has 0 aliphatic rings.